The average molecular weight is 242 g/mol. The molecule has 0 spiro atoms. The Labute approximate surface area is 99.9 Å². The molecular weight excluding hydrogens is 224 g/mol. The summed E-state index contributed by atoms with van der Waals surface area (Å²) in [5.74, 6) is 0.611. The second kappa shape index (κ2) is 5.61. The third kappa shape index (κ3) is 2.93. The van der Waals surface area contributed by atoms with Crippen LogP contribution >= 0.6 is 11.3 Å². The van der Waals surface area contributed by atoms with Crippen LogP contribution < -0.4 is 4.90 Å². The normalized spacial score (nSPS) is 21.0. The Balaban J connectivity index is 1.88. The average Bonchev–Trinajstić information content (AvgIpc) is 2.79. The van der Waals surface area contributed by atoms with Gasteiger partial charge >= 0.3 is 0 Å². The molecule has 2 rings (SSSR count). The van der Waals surface area contributed by atoms with Crippen molar-refractivity contribution in [1.82, 2.24) is 4.98 Å². The van der Waals surface area contributed by atoms with Crippen LogP contribution in [-0.4, -0.2) is 36.9 Å². The SMILES string of the molecule is CN(CC1CCCOC1)c1ncc(CO)s1. The molecule has 1 saturated heterocycles. The van der Waals surface area contributed by atoms with Gasteiger partial charge in [0.15, 0.2) is 5.13 Å². The highest BCUT2D eigenvalue weighted by Gasteiger charge is 2.17. The molecule has 0 bridgehead atoms. The summed E-state index contributed by atoms with van der Waals surface area (Å²) in [4.78, 5) is 7.37. The molecule has 1 fully saturated rings. The Morgan fingerprint density at radius 1 is 1.69 bits per heavy atom. The minimum atomic E-state index is 0.0814. The first-order chi connectivity index (χ1) is 7.79. The van der Waals surface area contributed by atoms with Gasteiger partial charge in [0, 0.05) is 26.4 Å². The largest absolute Gasteiger partial charge is 0.391 e. The Morgan fingerprint density at radius 2 is 2.56 bits per heavy atom. The van der Waals surface area contributed by atoms with Crippen LogP contribution in [0.2, 0.25) is 0 Å². The van der Waals surface area contributed by atoms with Gasteiger partial charge in [0.25, 0.3) is 0 Å². The van der Waals surface area contributed by atoms with Crippen LogP contribution in [0.5, 0.6) is 0 Å². The minimum absolute atomic E-state index is 0.0814. The van der Waals surface area contributed by atoms with Gasteiger partial charge in [-0.25, -0.2) is 4.98 Å². The number of anilines is 1. The highest BCUT2D eigenvalue weighted by atomic mass is 32.1. The summed E-state index contributed by atoms with van der Waals surface area (Å²) in [6.07, 6.45) is 4.15. The van der Waals surface area contributed by atoms with Gasteiger partial charge < -0.3 is 14.7 Å². The summed E-state index contributed by atoms with van der Waals surface area (Å²) in [6, 6.07) is 0. The van der Waals surface area contributed by atoms with Crippen LogP contribution in [0.4, 0.5) is 5.13 Å². The summed E-state index contributed by atoms with van der Waals surface area (Å²) in [5, 5.41) is 9.97. The Kier molecular flexibility index (Phi) is 4.15. The van der Waals surface area contributed by atoms with Crippen LogP contribution in [-0.2, 0) is 11.3 Å². The summed E-state index contributed by atoms with van der Waals surface area (Å²) in [5.41, 5.74) is 0. The van der Waals surface area contributed by atoms with Crippen LogP contribution in [0, 0.1) is 5.92 Å². The zero-order valence-electron chi connectivity index (χ0n) is 9.56. The first-order valence-corrected chi connectivity index (χ1v) is 6.45. The standard InChI is InChI=1S/C11H18N2O2S/c1-13(6-9-3-2-4-15-8-9)11-12-5-10(7-14)16-11/h5,9,14H,2-4,6-8H2,1H3. The monoisotopic (exact) mass is 242 g/mol. The molecule has 0 amide bonds. The van der Waals surface area contributed by atoms with Crippen LogP contribution in [0.3, 0.4) is 0 Å². The van der Waals surface area contributed by atoms with Crippen molar-refractivity contribution in [3.05, 3.63) is 11.1 Å². The maximum Gasteiger partial charge on any atom is 0.185 e. The molecule has 1 aromatic rings. The topological polar surface area (TPSA) is 45.6 Å². The highest BCUT2D eigenvalue weighted by molar-refractivity contribution is 7.15. The lowest BCUT2D eigenvalue weighted by Crippen LogP contribution is -2.30. The number of ether oxygens (including phenoxy) is 1. The van der Waals surface area contributed by atoms with E-state index in [4.69, 9.17) is 9.84 Å². The Bertz CT molecular complexity index is 324. The van der Waals surface area contributed by atoms with Crippen LogP contribution in [0.15, 0.2) is 6.20 Å². The van der Waals surface area contributed by atoms with E-state index >= 15 is 0 Å². The van der Waals surface area contributed by atoms with Crippen LogP contribution in [0.25, 0.3) is 0 Å². The third-order valence-corrected chi connectivity index (χ3v) is 3.91. The molecule has 1 unspecified atom stereocenters. The van der Waals surface area contributed by atoms with Crippen molar-refractivity contribution in [2.24, 2.45) is 5.92 Å². The lowest BCUT2D eigenvalue weighted by atomic mass is 10.0. The number of thiazole rings is 1. The van der Waals surface area contributed by atoms with E-state index in [-0.39, 0.29) is 6.61 Å². The molecule has 16 heavy (non-hydrogen) atoms. The Hall–Kier alpha value is -0.650. The van der Waals surface area contributed by atoms with E-state index in [9.17, 15) is 0 Å². The van der Waals surface area contributed by atoms with Crippen molar-refractivity contribution in [3.8, 4) is 0 Å². The van der Waals surface area contributed by atoms with Gasteiger partial charge in [-0.15, -0.1) is 0 Å². The minimum Gasteiger partial charge on any atom is -0.391 e. The van der Waals surface area contributed by atoms with Crippen molar-refractivity contribution in [2.45, 2.75) is 19.4 Å². The fourth-order valence-corrected chi connectivity index (χ4v) is 2.70. The molecule has 0 saturated carbocycles. The molecule has 0 aromatic carbocycles. The third-order valence-electron chi connectivity index (χ3n) is 2.81. The highest BCUT2D eigenvalue weighted by Crippen LogP contribution is 2.23. The number of hydrogen-bond donors (Lipinski definition) is 1. The quantitative estimate of drug-likeness (QED) is 0.869. The van der Waals surface area contributed by atoms with Gasteiger partial charge in [0.2, 0.25) is 0 Å². The maximum absolute atomic E-state index is 8.99. The first kappa shape index (κ1) is 11.8. The number of nitrogens with zero attached hydrogens (tertiary/aromatic N) is 2. The van der Waals surface area contributed by atoms with E-state index in [1.54, 1.807) is 17.5 Å². The van der Waals surface area contributed by atoms with E-state index in [1.165, 1.54) is 6.42 Å². The molecule has 2 heterocycles. The summed E-state index contributed by atoms with van der Waals surface area (Å²) in [7, 11) is 2.05. The van der Waals surface area contributed by atoms with E-state index in [0.29, 0.717) is 5.92 Å². The zero-order chi connectivity index (χ0) is 11.4. The Morgan fingerprint density at radius 3 is 3.19 bits per heavy atom. The number of aliphatic hydroxyl groups excluding tert-OH is 1. The van der Waals surface area contributed by atoms with Crippen molar-refractivity contribution < 1.29 is 9.84 Å². The molecule has 1 atom stereocenters. The van der Waals surface area contributed by atoms with Crippen molar-refractivity contribution in [2.75, 3.05) is 31.7 Å². The molecule has 4 nitrogen and oxygen atoms in total. The number of rotatable bonds is 4. The first-order valence-electron chi connectivity index (χ1n) is 5.64. The van der Waals surface area contributed by atoms with Gasteiger partial charge in [0.05, 0.1) is 18.1 Å². The molecule has 0 aliphatic carbocycles. The van der Waals surface area contributed by atoms with Crippen molar-refractivity contribution in [3.63, 3.8) is 0 Å². The predicted molar refractivity (Wildman–Crippen MR) is 64.8 cm³/mol. The van der Waals surface area contributed by atoms with Gasteiger partial charge in [-0.05, 0) is 18.8 Å². The molecular formula is C11H18N2O2S. The number of aliphatic hydroxyl groups is 1. The predicted octanol–water partition coefficient (Wildman–Crippen LogP) is 1.50. The van der Waals surface area contributed by atoms with Crippen molar-refractivity contribution in [1.29, 1.82) is 0 Å². The van der Waals surface area contributed by atoms with E-state index in [0.717, 1.165) is 36.2 Å². The second-order valence-electron chi connectivity index (χ2n) is 4.23. The van der Waals surface area contributed by atoms with Crippen LogP contribution in [0.1, 0.15) is 17.7 Å². The number of hydrogen-bond acceptors (Lipinski definition) is 5. The molecule has 0 radical (unpaired) electrons. The fourth-order valence-electron chi connectivity index (χ4n) is 1.96. The molecule has 90 valence electrons. The number of aromatic nitrogens is 1. The molecule has 1 aliphatic rings. The lowest BCUT2D eigenvalue weighted by Gasteiger charge is -2.26. The van der Waals surface area contributed by atoms with Gasteiger partial charge in [-0.2, -0.15) is 0 Å². The van der Waals surface area contributed by atoms with E-state index < -0.39 is 0 Å². The maximum atomic E-state index is 8.99. The lowest BCUT2D eigenvalue weighted by molar-refractivity contribution is 0.0576. The summed E-state index contributed by atoms with van der Waals surface area (Å²) in [6.45, 7) is 2.84. The summed E-state index contributed by atoms with van der Waals surface area (Å²) >= 11 is 1.55. The van der Waals surface area contributed by atoms with Gasteiger partial charge in [-0.3, -0.25) is 0 Å². The van der Waals surface area contributed by atoms with Gasteiger partial charge in [-0.1, -0.05) is 11.3 Å². The smallest absolute Gasteiger partial charge is 0.185 e. The molecule has 1 N–H and O–H groups in total. The van der Waals surface area contributed by atoms with Crippen molar-refractivity contribution >= 4 is 16.5 Å². The molecule has 1 aliphatic heterocycles. The zero-order valence-corrected chi connectivity index (χ0v) is 10.4. The fraction of sp³-hybridized carbons (Fsp3) is 0.727. The van der Waals surface area contributed by atoms with E-state index in [2.05, 4.69) is 16.9 Å². The molecule has 1 aromatic heterocycles. The summed E-state index contributed by atoms with van der Waals surface area (Å²) < 4.78 is 5.46. The van der Waals surface area contributed by atoms with E-state index in [1.807, 2.05) is 0 Å². The second-order valence-corrected chi connectivity index (χ2v) is 5.32. The molecule has 5 heteroatoms. The van der Waals surface area contributed by atoms with Gasteiger partial charge in [0.1, 0.15) is 0 Å².